The van der Waals surface area contributed by atoms with E-state index in [4.69, 9.17) is 5.73 Å². The summed E-state index contributed by atoms with van der Waals surface area (Å²) in [6.45, 7) is 0. The lowest BCUT2D eigenvalue weighted by Crippen LogP contribution is -2.19. The van der Waals surface area contributed by atoms with Gasteiger partial charge in [0.2, 0.25) is 0 Å². The second kappa shape index (κ2) is 4.82. The summed E-state index contributed by atoms with van der Waals surface area (Å²) in [6.07, 6.45) is -4.90. The summed E-state index contributed by atoms with van der Waals surface area (Å²) in [5, 5.41) is 0. The van der Waals surface area contributed by atoms with Gasteiger partial charge >= 0.3 is 12.3 Å². The van der Waals surface area contributed by atoms with Gasteiger partial charge in [-0.3, -0.25) is 0 Å². The lowest BCUT2D eigenvalue weighted by molar-refractivity contribution is -0.274. The molecule has 1 aromatic rings. The average molecular weight is 314 g/mol. The Morgan fingerprint density at radius 1 is 1.41 bits per heavy atom. The molecule has 0 saturated carbocycles. The van der Waals surface area contributed by atoms with Crippen LogP contribution in [-0.2, 0) is 4.74 Å². The van der Waals surface area contributed by atoms with Crippen molar-refractivity contribution in [2.24, 2.45) is 0 Å². The van der Waals surface area contributed by atoms with E-state index in [1.54, 1.807) is 0 Å². The minimum Gasteiger partial charge on any atom is -0.465 e. The van der Waals surface area contributed by atoms with Gasteiger partial charge in [-0.1, -0.05) is 0 Å². The zero-order valence-corrected chi connectivity index (χ0v) is 10.1. The van der Waals surface area contributed by atoms with E-state index in [9.17, 15) is 18.0 Å². The van der Waals surface area contributed by atoms with Crippen LogP contribution >= 0.6 is 15.9 Å². The van der Waals surface area contributed by atoms with E-state index in [0.717, 1.165) is 13.2 Å². The molecule has 0 amide bonds. The molecule has 0 aromatic heterocycles. The van der Waals surface area contributed by atoms with Gasteiger partial charge in [0.25, 0.3) is 0 Å². The molecule has 0 aliphatic carbocycles. The number of esters is 1. The first-order chi connectivity index (χ1) is 7.76. The van der Waals surface area contributed by atoms with Crippen molar-refractivity contribution in [3.63, 3.8) is 0 Å². The molecule has 0 saturated heterocycles. The Morgan fingerprint density at radius 2 is 2.00 bits per heavy atom. The van der Waals surface area contributed by atoms with E-state index >= 15 is 0 Å². The van der Waals surface area contributed by atoms with Crippen molar-refractivity contribution < 1.29 is 27.4 Å². The fraction of sp³-hybridized carbons (Fsp3) is 0.222. The Balaban J connectivity index is 3.25. The Bertz CT molecular complexity index is 448. The van der Waals surface area contributed by atoms with E-state index in [1.807, 2.05) is 0 Å². The maximum Gasteiger partial charge on any atom is 0.573 e. The molecule has 0 heterocycles. The van der Waals surface area contributed by atoms with Crippen LogP contribution in [0.4, 0.5) is 18.9 Å². The molecule has 0 fully saturated rings. The fourth-order valence-corrected chi connectivity index (χ4v) is 1.66. The first kappa shape index (κ1) is 13.6. The third-order valence-corrected chi connectivity index (χ3v) is 2.54. The SMILES string of the molecule is COC(=O)c1ccc(N)c(OC(F)(F)F)c1Br. The number of nitrogens with two attached hydrogens (primary N) is 1. The number of hydrogen-bond acceptors (Lipinski definition) is 4. The molecule has 0 atom stereocenters. The Hall–Kier alpha value is -1.44. The highest BCUT2D eigenvalue weighted by Crippen LogP contribution is 2.38. The smallest absolute Gasteiger partial charge is 0.465 e. The number of hydrogen-bond donors (Lipinski definition) is 1. The van der Waals surface area contributed by atoms with Gasteiger partial charge in [0, 0.05) is 0 Å². The highest BCUT2D eigenvalue weighted by molar-refractivity contribution is 9.10. The number of rotatable bonds is 2. The van der Waals surface area contributed by atoms with Crippen molar-refractivity contribution in [3.8, 4) is 5.75 Å². The summed E-state index contributed by atoms with van der Waals surface area (Å²) < 4.78 is 44.2. The molecule has 0 aliphatic heterocycles. The van der Waals surface area contributed by atoms with E-state index < -0.39 is 18.1 Å². The summed E-state index contributed by atoms with van der Waals surface area (Å²) in [5.74, 6) is -1.47. The van der Waals surface area contributed by atoms with Crippen LogP contribution in [0, 0.1) is 0 Å². The second-order valence-electron chi connectivity index (χ2n) is 2.88. The van der Waals surface area contributed by atoms with Crippen LogP contribution in [0.3, 0.4) is 0 Å². The number of carbonyl (C=O) groups excluding carboxylic acids is 1. The molecule has 1 rings (SSSR count). The van der Waals surface area contributed by atoms with Crippen LogP contribution in [0.15, 0.2) is 16.6 Å². The number of anilines is 1. The maximum absolute atomic E-state index is 12.1. The van der Waals surface area contributed by atoms with E-state index in [2.05, 4.69) is 25.4 Å². The van der Waals surface area contributed by atoms with Crippen molar-refractivity contribution in [2.75, 3.05) is 12.8 Å². The maximum atomic E-state index is 12.1. The van der Waals surface area contributed by atoms with Crippen LogP contribution in [-0.4, -0.2) is 19.4 Å². The zero-order chi connectivity index (χ0) is 13.2. The molecule has 0 unspecified atom stereocenters. The number of halogens is 4. The molecule has 4 nitrogen and oxygen atoms in total. The van der Waals surface area contributed by atoms with Gasteiger partial charge in [0.05, 0.1) is 22.8 Å². The lowest BCUT2D eigenvalue weighted by atomic mass is 10.2. The largest absolute Gasteiger partial charge is 0.573 e. The quantitative estimate of drug-likeness (QED) is 0.673. The number of ether oxygens (including phenoxy) is 2. The first-order valence-corrected chi connectivity index (χ1v) is 4.97. The summed E-state index contributed by atoms with van der Waals surface area (Å²) in [4.78, 5) is 11.2. The monoisotopic (exact) mass is 313 g/mol. The first-order valence-electron chi connectivity index (χ1n) is 4.18. The van der Waals surface area contributed by atoms with Crippen molar-refractivity contribution in [1.29, 1.82) is 0 Å². The molecule has 1 aromatic carbocycles. The van der Waals surface area contributed by atoms with E-state index in [-0.39, 0.29) is 15.7 Å². The Labute approximate surface area is 103 Å². The van der Waals surface area contributed by atoms with Crippen LogP contribution in [0.5, 0.6) is 5.75 Å². The van der Waals surface area contributed by atoms with Crippen molar-refractivity contribution >= 4 is 27.6 Å². The van der Waals surface area contributed by atoms with Crippen LogP contribution in [0.25, 0.3) is 0 Å². The molecular formula is C9H7BrF3NO3. The van der Waals surface area contributed by atoms with E-state index in [1.165, 1.54) is 6.07 Å². The second-order valence-corrected chi connectivity index (χ2v) is 3.68. The Morgan fingerprint density at radius 3 is 2.47 bits per heavy atom. The predicted octanol–water partition coefficient (Wildman–Crippen LogP) is 2.72. The van der Waals surface area contributed by atoms with Crippen LogP contribution in [0.1, 0.15) is 10.4 Å². The standard InChI is InChI=1S/C9H7BrF3NO3/c1-16-8(15)4-2-3-5(14)7(6(4)10)17-9(11,12)13/h2-3H,14H2,1H3. The molecular weight excluding hydrogens is 307 g/mol. The molecule has 0 radical (unpaired) electrons. The van der Waals surface area contributed by atoms with Crippen molar-refractivity contribution in [1.82, 2.24) is 0 Å². The summed E-state index contributed by atoms with van der Waals surface area (Å²) >= 11 is 2.82. The van der Waals surface area contributed by atoms with Gasteiger partial charge in [0.15, 0.2) is 5.75 Å². The zero-order valence-electron chi connectivity index (χ0n) is 8.47. The van der Waals surface area contributed by atoms with Gasteiger partial charge in [0.1, 0.15) is 0 Å². The molecule has 94 valence electrons. The molecule has 2 N–H and O–H groups in total. The topological polar surface area (TPSA) is 61.5 Å². The molecule has 17 heavy (non-hydrogen) atoms. The number of alkyl halides is 3. The van der Waals surface area contributed by atoms with Crippen molar-refractivity contribution in [3.05, 3.63) is 22.2 Å². The van der Waals surface area contributed by atoms with Gasteiger partial charge in [-0.15, -0.1) is 13.2 Å². The number of methoxy groups -OCH3 is 1. The Kier molecular flexibility index (Phi) is 3.87. The summed E-state index contributed by atoms with van der Waals surface area (Å²) in [6, 6.07) is 2.35. The van der Waals surface area contributed by atoms with Crippen molar-refractivity contribution in [2.45, 2.75) is 6.36 Å². The average Bonchev–Trinajstić information content (AvgIpc) is 2.22. The number of carbonyl (C=O) groups is 1. The van der Waals surface area contributed by atoms with Gasteiger partial charge in [-0.05, 0) is 28.1 Å². The summed E-state index contributed by atoms with van der Waals surface area (Å²) in [7, 11) is 1.11. The fourth-order valence-electron chi connectivity index (χ4n) is 1.06. The summed E-state index contributed by atoms with van der Waals surface area (Å²) in [5.41, 5.74) is 4.97. The van der Waals surface area contributed by atoms with Crippen LogP contribution < -0.4 is 10.5 Å². The normalized spacial score (nSPS) is 11.1. The number of benzene rings is 1. The third-order valence-electron chi connectivity index (χ3n) is 1.75. The highest BCUT2D eigenvalue weighted by Gasteiger charge is 2.34. The van der Waals surface area contributed by atoms with Gasteiger partial charge < -0.3 is 15.2 Å². The lowest BCUT2D eigenvalue weighted by Gasteiger charge is -2.14. The van der Waals surface area contributed by atoms with E-state index in [0.29, 0.717) is 0 Å². The molecule has 8 heteroatoms. The minimum absolute atomic E-state index is 0.110. The minimum atomic E-state index is -4.90. The van der Waals surface area contributed by atoms with Gasteiger partial charge in [-0.25, -0.2) is 4.79 Å². The molecule has 0 spiro atoms. The molecule has 0 aliphatic rings. The highest BCUT2D eigenvalue weighted by atomic mass is 79.9. The van der Waals surface area contributed by atoms with Crippen LogP contribution in [0.2, 0.25) is 0 Å². The molecule has 0 bridgehead atoms. The predicted molar refractivity (Wildman–Crippen MR) is 56.6 cm³/mol. The van der Waals surface area contributed by atoms with Gasteiger partial charge in [-0.2, -0.15) is 0 Å². The third kappa shape index (κ3) is 3.26. The number of nitrogen functional groups attached to an aromatic ring is 1.